The van der Waals surface area contributed by atoms with Gasteiger partial charge in [0, 0.05) is 10.6 Å². The van der Waals surface area contributed by atoms with Crippen LogP contribution in [0, 0.1) is 0 Å². The van der Waals surface area contributed by atoms with Crippen LogP contribution in [0.5, 0.6) is 0 Å². The van der Waals surface area contributed by atoms with E-state index in [0.29, 0.717) is 5.02 Å². The van der Waals surface area contributed by atoms with Gasteiger partial charge in [-0.05, 0) is 57.2 Å². The largest absolute Gasteiger partial charge is 0.416 e. The van der Waals surface area contributed by atoms with E-state index < -0.39 is 29.1 Å². The summed E-state index contributed by atoms with van der Waals surface area (Å²) >= 11 is 11.8. The number of hydrogen-bond donors (Lipinski definition) is 1. The summed E-state index contributed by atoms with van der Waals surface area (Å²) < 4.78 is 38.9. The van der Waals surface area contributed by atoms with Crippen LogP contribution in [0.25, 0.3) is 0 Å². The highest BCUT2D eigenvalue weighted by molar-refractivity contribution is 6.36. The third kappa shape index (κ3) is 5.17. The first kappa shape index (κ1) is 22.0. The van der Waals surface area contributed by atoms with Crippen molar-refractivity contribution in [1.82, 2.24) is 10.4 Å². The monoisotopic (exact) mass is 432 g/mol. The number of halogens is 5. The Bertz CT molecular complexity index is 909. The van der Waals surface area contributed by atoms with Gasteiger partial charge in [-0.1, -0.05) is 29.3 Å². The predicted molar refractivity (Wildman–Crippen MR) is 101 cm³/mol. The molecule has 1 N–H and O–H groups in total. The molecular weight excluding hydrogens is 416 g/mol. The minimum atomic E-state index is -4.59. The van der Waals surface area contributed by atoms with E-state index >= 15 is 0 Å². The maximum absolute atomic E-state index is 13.0. The number of amides is 2. The lowest BCUT2D eigenvalue weighted by atomic mass is 10.0. The maximum Gasteiger partial charge on any atom is 0.416 e. The molecule has 28 heavy (non-hydrogen) atoms. The number of benzene rings is 2. The van der Waals surface area contributed by atoms with Crippen molar-refractivity contribution in [2.45, 2.75) is 32.5 Å². The van der Waals surface area contributed by atoms with Gasteiger partial charge >= 0.3 is 6.18 Å². The quantitative estimate of drug-likeness (QED) is 0.627. The molecule has 4 nitrogen and oxygen atoms in total. The van der Waals surface area contributed by atoms with Gasteiger partial charge in [-0.15, -0.1) is 0 Å². The molecule has 0 aliphatic carbocycles. The Balaban J connectivity index is 2.37. The second-order valence-electron chi connectivity index (χ2n) is 6.96. The van der Waals surface area contributed by atoms with Crippen molar-refractivity contribution in [3.05, 3.63) is 69.2 Å². The van der Waals surface area contributed by atoms with E-state index in [1.165, 1.54) is 24.3 Å². The molecule has 0 unspecified atom stereocenters. The standard InChI is InChI=1S/C19H17Cl2F3N2O2/c1-18(2,3)26(25-16(27)14-8-7-13(20)10-15(14)21)17(28)11-5-4-6-12(9-11)19(22,23)24/h4-10H,1-3H3,(H,25,27). The topological polar surface area (TPSA) is 49.4 Å². The number of hydrogen-bond acceptors (Lipinski definition) is 2. The van der Waals surface area contributed by atoms with Gasteiger partial charge < -0.3 is 0 Å². The number of rotatable bonds is 2. The number of alkyl halides is 3. The molecule has 2 aromatic rings. The van der Waals surface area contributed by atoms with Crippen molar-refractivity contribution < 1.29 is 22.8 Å². The second kappa shape index (κ2) is 8.01. The smallest absolute Gasteiger partial charge is 0.267 e. The molecule has 2 rings (SSSR count). The summed E-state index contributed by atoms with van der Waals surface area (Å²) in [7, 11) is 0. The fourth-order valence-corrected chi connectivity index (χ4v) is 2.81. The van der Waals surface area contributed by atoms with Crippen LogP contribution >= 0.6 is 23.2 Å². The summed E-state index contributed by atoms with van der Waals surface area (Å²) in [6.07, 6.45) is -4.59. The number of carbonyl (C=O) groups excluding carboxylic acids is 2. The second-order valence-corrected chi connectivity index (χ2v) is 7.80. The van der Waals surface area contributed by atoms with E-state index in [0.717, 1.165) is 23.2 Å². The average Bonchev–Trinajstić information content (AvgIpc) is 2.57. The molecule has 0 saturated carbocycles. The van der Waals surface area contributed by atoms with Crippen LogP contribution in [-0.4, -0.2) is 22.4 Å². The van der Waals surface area contributed by atoms with Gasteiger partial charge in [-0.25, -0.2) is 5.01 Å². The molecule has 0 bridgehead atoms. The molecular formula is C19H17Cl2F3N2O2. The van der Waals surface area contributed by atoms with Crippen molar-refractivity contribution >= 4 is 35.0 Å². The molecule has 0 atom stereocenters. The van der Waals surface area contributed by atoms with Gasteiger partial charge in [0.05, 0.1) is 21.7 Å². The van der Waals surface area contributed by atoms with E-state index in [-0.39, 0.29) is 16.1 Å². The van der Waals surface area contributed by atoms with Crippen molar-refractivity contribution in [1.29, 1.82) is 0 Å². The molecule has 9 heteroatoms. The molecule has 0 fully saturated rings. The molecule has 0 spiro atoms. The van der Waals surface area contributed by atoms with Crippen LogP contribution in [0.4, 0.5) is 13.2 Å². The summed E-state index contributed by atoms with van der Waals surface area (Å²) in [4.78, 5) is 25.4. The van der Waals surface area contributed by atoms with Crippen molar-refractivity contribution in [2.75, 3.05) is 0 Å². The lowest BCUT2D eigenvalue weighted by molar-refractivity contribution is -0.137. The van der Waals surface area contributed by atoms with Crippen LogP contribution in [0.1, 0.15) is 47.1 Å². The van der Waals surface area contributed by atoms with Gasteiger partial charge in [0.15, 0.2) is 0 Å². The summed E-state index contributed by atoms with van der Waals surface area (Å²) in [6.45, 7) is 4.88. The predicted octanol–water partition coefficient (Wildman–Crippen LogP) is 5.60. The minimum Gasteiger partial charge on any atom is -0.267 e. The Kier molecular flexibility index (Phi) is 6.31. The van der Waals surface area contributed by atoms with Crippen LogP contribution in [0.2, 0.25) is 10.0 Å². The Morgan fingerprint density at radius 1 is 1.00 bits per heavy atom. The molecule has 2 aromatic carbocycles. The van der Waals surface area contributed by atoms with Gasteiger partial charge in [-0.3, -0.25) is 15.0 Å². The molecule has 0 saturated heterocycles. The first-order chi connectivity index (χ1) is 12.8. The van der Waals surface area contributed by atoms with Crippen LogP contribution in [0.15, 0.2) is 42.5 Å². The average molecular weight is 433 g/mol. The van der Waals surface area contributed by atoms with Gasteiger partial charge in [0.2, 0.25) is 0 Å². The molecule has 2 amide bonds. The summed E-state index contributed by atoms with van der Waals surface area (Å²) in [6, 6.07) is 8.20. The van der Waals surface area contributed by atoms with Crippen LogP contribution in [-0.2, 0) is 6.18 Å². The van der Waals surface area contributed by atoms with E-state index in [9.17, 15) is 22.8 Å². The molecule has 0 radical (unpaired) electrons. The Morgan fingerprint density at radius 2 is 1.64 bits per heavy atom. The SMILES string of the molecule is CC(C)(C)N(NC(=O)c1ccc(Cl)cc1Cl)C(=O)c1cccc(C(F)(F)F)c1. The number of hydrazine groups is 1. The fourth-order valence-electron chi connectivity index (χ4n) is 2.32. The summed E-state index contributed by atoms with van der Waals surface area (Å²) in [5.41, 5.74) is 0.388. The molecule has 0 heterocycles. The first-order valence-electron chi connectivity index (χ1n) is 8.08. The highest BCUT2D eigenvalue weighted by Gasteiger charge is 2.34. The van der Waals surface area contributed by atoms with Crippen molar-refractivity contribution in [3.63, 3.8) is 0 Å². The van der Waals surface area contributed by atoms with Gasteiger partial charge in [0.25, 0.3) is 11.8 Å². The lowest BCUT2D eigenvalue weighted by Gasteiger charge is -2.35. The third-order valence-corrected chi connectivity index (χ3v) is 4.25. The van der Waals surface area contributed by atoms with Gasteiger partial charge in [0.1, 0.15) is 0 Å². The molecule has 0 aliphatic heterocycles. The minimum absolute atomic E-state index is 0.0668. The zero-order chi connectivity index (χ0) is 21.3. The summed E-state index contributed by atoms with van der Waals surface area (Å²) in [5, 5.41) is 1.37. The lowest BCUT2D eigenvalue weighted by Crippen LogP contribution is -2.56. The normalized spacial score (nSPS) is 11.9. The molecule has 150 valence electrons. The van der Waals surface area contributed by atoms with Crippen LogP contribution in [0.3, 0.4) is 0 Å². The zero-order valence-corrected chi connectivity index (χ0v) is 16.7. The Morgan fingerprint density at radius 3 is 2.18 bits per heavy atom. The van der Waals surface area contributed by atoms with E-state index in [1.54, 1.807) is 20.8 Å². The number of nitrogens with one attached hydrogen (secondary N) is 1. The summed E-state index contributed by atoms with van der Waals surface area (Å²) in [5.74, 6) is -1.49. The highest BCUT2D eigenvalue weighted by Crippen LogP contribution is 2.30. The maximum atomic E-state index is 13.0. The number of nitrogens with zero attached hydrogens (tertiary/aromatic N) is 1. The highest BCUT2D eigenvalue weighted by atomic mass is 35.5. The zero-order valence-electron chi connectivity index (χ0n) is 15.2. The molecule has 0 aromatic heterocycles. The Labute approximate surface area is 170 Å². The van der Waals surface area contributed by atoms with E-state index in [1.807, 2.05) is 0 Å². The number of carbonyl (C=O) groups is 2. The Hall–Kier alpha value is -2.25. The van der Waals surface area contributed by atoms with Crippen LogP contribution < -0.4 is 5.43 Å². The van der Waals surface area contributed by atoms with E-state index in [4.69, 9.17) is 23.2 Å². The van der Waals surface area contributed by atoms with Gasteiger partial charge in [-0.2, -0.15) is 13.2 Å². The van der Waals surface area contributed by atoms with E-state index in [2.05, 4.69) is 5.43 Å². The molecule has 0 aliphatic rings. The third-order valence-electron chi connectivity index (χ3n) is 3.70. The fraction of sp³-hybridized carbons (Fsp3) is 0.263. The first-order valence-corrected chi connectivity index (χ1v) is 8.84. The van der Waals surface area contributed by atoms with Crippen molar-refractivity contribution in [2.24, 2.45) is 0 Å². The van der Waals surface area contributed by atoms with Crippen molar-refractivity contribution in [3.8, 4) is 0 Å².